The second-order valence-electron chi connectivity index (χ2n) is 5.23. The first kappa shape index (κ1) is 15.0. The lowest BCUT2D eigenvalue weighted by molar-refractivity contribution is 0.247. The van der Waals surface area contributed by atoms with E-state index in [0.29, 0.717) is 19.4 Å². The summed E-state index contributed by atoms with van der Waals surface area (Å²) in [4.78, 5) is 0.279. The maximum absolute atomic E-state index is 12.6. The minimum absolute atomic E-state index is 0.0782. The standard InChI is InChI=1S/C14H19N3O2S/c1-11-10-13(16)7-9-17(11)20(18,19)14-4-2-12(3-5-14)6-8-15/h2-5,11,13H,6-7,9-10,16H2,1H3. The summed E-state index contributed by atoms with van der Waals surface area (Å²) in [5, 5.41) is 8.62. The molecule has 2 N–H and O–H groups in total. The Bertz CT molecular complexity index is 604. The molecule has 1 fully saturated rings. The van der Waals surface area contributed by atoms with Gasteiger partial charge in [0.2, 0.25) is 10.0 Å². The SMILES string of the molecule is CC1CC(N)CCN1S(=O)(=O)c1ccc(CC#N)cc1. The molecule has 0 amide bonds. The first-order chi connectivity index (χ1) is 9.45. The molecule has 0 aliphatic carbocycles. The van der Waals surface area contributed by atoms with Gasteiger partial charge in [-0.1, -0.05) is 12.1 Å². The van der Waals surface area contributed by atoms with Gasteiger partial charge in [-0.15, -0.1) is 0 Å². The molecule has 20 heavy (non-hydrogen) atoms. The van der Waals surface area contributed by atoms with E-state index in [2.05, 4.69) is 0 Å². The van der Waals surface area contributed by atoms with Gasteiger partial charge < -0.3 is 5.73 Å². The minimum atomic E-state index is -3.47. The van der Waals surface area contributed by atoms with Gasteiger partial charge in [-0.25, -0.2) is 8.42 Å². The van der Waals surface area contributed by atoms with Crippen LogP contribution in [0.3, 0.4) is 0 Å². The highest BCUT2D eigenvalue weighted by Gasteiger charge is 2.33. The molecular weight excluding hydrogens is 274 g/mol. The van der Waals surface area contributed by atoms with E-state index in [1.807, 2.05) is 13.0 Å². The highest BCUT2D eigenvalue weighted by molar-refractivity contribution is 7.89. The van der Waals surface area contributed by atoms with Gasteiger partial charge >= 0.3 is 0 Å². The van der Waals surface area contributed by atoms with Gasteiger partial charge in [0.05, 0.1) is 17.4 Å². The summed E-state index contributed by atoms with van der Waals surface area (Å²) in [5.41, 5.74) is 6.69. The van der Waals surface area contributed by atoms with Crippen LogP contribution in [-0.2, 0) is 16.4 Å². The Morgan fingerprint density at radius 1 is 1.40 bits per heavy atom. The van der Waals surface area contributed by atoms with Crippen LogP contribution >= 0.6 is 0 Å². The fraction of sp³-hybridized carbons (Fsp3) is 0.500. The van der Waals surface area contributed by atoms with Crippen LogP contribution in [0, 0.1) is 11.3 Å². The second kappa shape index (κ2) is 5.92. The molecule has 2 rings (SSSR count). The van der Waals surface area contributed by atoms with Gasteiger partial charge in [0.25, 0.3) is 0 Å². The number of piperidine rings is 1. The fourth-order valence-corrected chi connectivity index (χ4v) is 4.21. The number of hydrogen-bond acceptors (Lipinski definition) is 4. The van der Waals surface area contributed by atoms with Crippen molar-refractivity contribution < 1.29 is 8.42 Å². The van der Waals surface area contributed by atoms with Crippen LogP contribution in [0.15, 0.2) is 29.2 Å². The Balaban J connectivity index is 2.24. The third-order valence-corrected chi connectivity index (χ3v) is 5.70. The molecule has 6 heteroatoms. The van der Waals surface area contributed by atoms with Gasteiger partial charge in [-0.2, -0.15) is 9.57 Å². The molecule has 1 saturated heterocycles. The van der Waals surface area contributed by atoms with E-state index in [1.54, 1.807) is 24.3 Å². The molecule has 0 aromatic heterocycles. The molecule has 0 saturated carbocycles. The Labute approximate surface area is 120 Å². The number of hydrogen-bond donors (Lipinski definition) is 1. The van der Waals surface area contributed by atoms with Crippen molar-refractivity contribution in [2.75, 3.05) is 6.54 Å². The van der Waals surface area contributed by atoms with Crippen molar-refractivity contribution in [1.82, 2.24) is 4.31 Å². The van der Waals surface area contributed by atoms with E-state index in [4.69, 9.17) is 11.0 Å². The first-order valence-electron chi connectivity index (χ1n) is 6.68. The van der Waals surface area contributed by atoms with E-state index in [-0.39, 0.29) is 23.4 Å². The number of benzene rings is 1. The normalized spacial score (nSPS) is 24.2. The zero-order valence-corrected chi connectivity index (χ0v) is 12.3. The zero-order valence-electron chi connectivity index (χ0n) is 11.5. The highest BCUT2D eigenvalue weighted by Crippen LogP contribution is 2.24. The van der Waals surface area contributed by atoms with Gasteiger partial charge in [0, 0.05) is 18.6 Å². The largest absolute Gasteiger partial charge is 0.328 e. The van der Waals surface area contributed by atoms with E-state index in [1.165, 1.54) is 4.31 Å². The summed E-state index contributed by atoms with van der Waals surface area (Å²) in [6.45, 7) is 2.35. The first-order valence-corrected chi connectivity index (χ1v) is 8.12. The molecule has 0 bridgehead atoms. The van der Waals surface area contributed by atoms with E-state index >= 15 is 0 Å². The van der Waals surface area contributed by atoms with Crippen molar-refractivity contribution in [2.45, 2.75) is 43.2 Å². The van der Waals surface area contributed by atoms with E-state index in [9.17, 15) is 8.42 Å². The third-order valence-electron chi connectivity index (χ3n) is 3.67. The Kier molecular flexibility index (Phi) is 4.43. The van der Waals surface area contributed by atoms with Crippen LogP contribution in [0.5, 0.6) is 0 Å². The summed E-state index contributed by atoms with van der Waals surface area (Å²) in [6, 6.07) is 8.57. The smallest absolute Gasteiger partial charge is 0.243 e. The quantitative estimate of drug-likeness (QED) is 0.908. The summed E-state index contributed by atoms with van der Waals surface area (Å²) < 4.78 is 26.7. The fourth-order valence-electron chi connectivity index (χ4n) is 2.55. The van der Waals surface area contributed by atoms with Gasteiger partial charge in [-0.05, 0) is 37.5 Å². The maximum atomic E-state index is 12.6. The van der Waals surface area contributed by atoms with Crippen molar-refractivity contribution in [1.29, 1.82) is 5.26 Å². The molecule has 1 aliphatic rings. The molecule has 1 aromatic carbocycles. The maximum Gasteiger partial charge on any atom is 0.243 e. The molecule has 1 aromatic rings. The summed E-state index contributed by atoms with van der Waals surface area (Å²) in [7, 11) is -3.47. The van der Waals surface area contributed by atoms with Crippen LogP contribution in [0.25, 0.3) is 0 Å². The topological polar surface area (TPSA) is 87.2 Å². The van der Waals surface area contributed by atoms with E-state index in [0.717, 1.165) is 5.56 Å². The van der Waals surface area contributed by atoms with Gasteiger partial charge in [0.1, 0.15) is 0 Å². The Morgan fingerprint density at radius 2 is 2.05 bits per heavy atom. The minimum Gasteiger partial charge on any atom is -0.328 e. The average Bonchev–Trinajstić information content (AvgIpc) is 2.39. The summed E-state index contributed by atoms with van der Waals surface area (Å²) in [6.07, 6.45) is 1.66. The van der Waals surface area contributed by atoms with Crippen LogP contribution in [0.1, 0.15) is 25.3 Å². The molecule has 108 valence electrons. The average molecular weight is 293 g/mol. The van der Waals surface area contributed by atoms with E-state index < -0.39 is 10.0 Å². The molecule has 5 nitrogen and oxygen atoms in total. The Hall–Kier alpha value is -1.42. The lowest BCUT2D eigenvalue weighted by Gasteiger charge is -2.35. The molecule has 0 spiro atoms. The van der Waals surface area contributed by atoms with Crippen molar-refractivity contribution in [3.63, 3.8) is 0 Å². The number of rotatable bonds is 3. The van der Waals surface area contributed by atoms with Crippen molar-refractivity contribution in [3.8, 4) is 6.07 Å². The van der Waals surface area contributed by atoms with Crippen LogP contribution in [-0.4, -0.2) is 31.4 Å². The van der Waals surface area contributed by atoms with Crippen molar-refractivity contribution in [3.05, 3.63) is 29.8 Å². The molecule has 2 atom stereocenters. The van der Waals surface area contributed by atoms with Crippen LogP contribution in [0.4, 0.5) is 0 Å². The van der Waals surface area contributed by atoms with Gasteiger partial charge in [-0.3, -0.25) is 0 Å². The van der Waals surface area contributed by atoms with Crippen LogP contribution < -0.4 is 5.73 Å². The Morgan fingerprint density at radius 3 is 2.60 bits per heavy atom. The molecular formula is C14H19N3O2S. The second-order valence-corrected chi connectivity index (χ2v) is 7.12. The zero-order chi connectivity index (χ0) is 14.8. The molecule has 2 unspecified atom stereocenters. The van der Waals surface area contributed by atoms with Gasteiger partial charge in [0.15, 0.2) is 0 Å². The number of nitriles is 1. The summed E-state index contributed by atoms with van der Waals surface area (Å²) in [5.74, 6) is 0. The van der Waals surface area contributed by atoms with Crippen LogP contribution in [0.2, 0.25) is 0 Å². The number of nitrogens with zero attached hydrogens (tertiary/aromatic N) is 2. The predicted octanol–water partition coefficient (Wildman–Crippen LogP) is 1.25. The monoisotopic (exact) mass is 293 g/mol. The lowest BCUT2D eigenvalue weighted by atomic mass is 10.0. The summed E-state index contributed by atoms with van der Waals surface area (Å²) >= 11 is 0. The molecule has 0 radical (unpaired) electrons. The van der Waals surface area contributed by atoms with Crippen molar-refractivity contribution in [2.24, 2.45) is 5.73 Å². The lowest BCUT2D eigenvalue weighted by Crippen LogP contribution is -2.48. The molecule has 1 aliphatic heterocycles. The number of nitrogens with two attached hydrogens (primary N) is 1. The van der Waals surface area contributed by atoms with Crippen molar-refractivity contribution >= 4 is 10.0 Å². The molecule has 1 heterocycles. The predicted molar refractivity (Wildman–Crippen MR) is 76.3 cm³/mol. The highest BCUT2D eigenvalue weighted by atomic mass is 32.2. The third kappa shape index (κ3) is 3.01. The number of sulfonamides is 1.